The summed E-state index contributed by atoms with van der Waals surface area (Å²) in [6, 6.07) is 12.3. The molecule has 2 atom stereocenters. The molecule has 1 aromatic carbocycles. The lowest BCUT2D eigenvalue weighted by Crippen LogP contribution is -2.62. The van der Waals surface area contributed by atoms with Crippen LogP contribution in [-0.2, 0) is 0 Å². The third-order valence-electron chi connectivity index (χ3n) is 5.58. The molecule has 2 unspecified atom stereocenters. The van der Waals surface area contributed by atoms with Crippen molar-refractivity contribution in [1.29, 1.82) is 0 Å². The summed E-state index contributed by atoms with van der Waals surface area (Å²) in [7, 11) is 0. The minimum Gasteiger partial charge on any atom is -0.446 e. The van der Waals surface area contributed by atoms with E-state index in [0.717, 1.165) is 16.4 Å². The molecular weight excluding hydrogens is 332 g/mol. The molecule has 3 aliphatic rings. The molecule has 1 aromatic heterocycles. The van der Waals surface area contributed by atoms with Gasteiger partial charge in [0.05, 0.1) is 4.88 Å². The molecule has 5 rings (SSSR count). The van der Waals surface area contributed by atoms with Gasteiger partial charge in [-0.1, -0.05) is 29.5 Å². The maximum atomic E-state index is 12.7. The number of carbonyl (C=O) groups excluding carboxylic acids is 1. The number of para-hydroxylation sites is 1. The van der Waals surface area contributed by atoms with E-state index < -0.39 is 0 Å². The van der Waals surface area contributed by atoms with Crippen LogP contribution in [0, 0.1) is 12.8 Å². The number of aryl methyl sites for hydroxylation is 1. The van der Waals surface area contributed by atoms with E-state index in [1.165, 1.54) is 37.3 Å². The molecule has 0 saturated carbocycles. The van der Waals surface area contributed by atoms with Gasteiger partial charge in [-0.25, -0.2) is 0 Å². The van der Waals surface area contributed by atoms with Gasteiger partial charge in [0, 0.05) is 12.1 Å². The maximum Gasteiger partial charge on any atom is 0.261 e. The summed E-state index contributed by atoms with van der Waals surface area (Å²) < 4.78 is 5.93. The van der Waals surface area contributed by atoms with Gasteiger partial charge in [-0.15, -0.1) is 0 Å². The van der Waals surface area contributed by atoms with Crippen LogP contribution in [0.25, 0.3) is 0 Å². The Morgan fingerprint density at radius 3 is 2.68 bits per heavy atom. The molecule has 1 N–H and O–H groups in total. The zero-order chi connectivity index (χ0) is 17.4. The Balaban J connectivity index is 1.43. The third-order valence-corrected chi connectivity index (χ3v) is 6.55. The van der Waals surface area contributed by atoms with Crippen LogP contribution >= 0.6 is 11.3 Å². The predicted octanol–water partition coefficient (Wildman–Crippen LogP) is 4.06. The summed E-state index contributed by atoms with van der Waals surface area (Å²) in [5, 5.41) is 4.03. The number of amides is 1. The molecule has 25 heavy (non-hydrogen) atoms. The van der Waals surface area contributed by atoms with Crippen molar-refractivity contribution >= 4 is 17.2 Å². The molecule has 2 aromatic rings. The maximum absolute atomic E-state index is 12.7. The van der Waals surface area contributed by atoms with E-state index in [0.29, 0.717) is 16.8 Å². The first-order chi connectivity index (χ1) is 12.1. The quantitative estimate of drug-likeness (QED) is 0.898. The van der Waals surface area contributed by atoms with Gasteiger partial charge in [0.2, 0.25) is 0 Å². The predicted molar refractivity (Wildman–Crippen MR) is 101 cm³/mol. The fourth-order valence-electron chi connectivity index (χ4n) is 4.04. The second-order valence-electron chi connectivity index (χ2n) is 7.10. The first-order valence-electron chi connectivity index (χ1n) is 9.00. The van der Waals surface area contributed by atoms with E-state index in [1.807, 2.05) is 43.3 Å². The number of hydrogen-bond acceptors (Lipinski definition) is 4. The van der Waals surface area contributed by atoms with E-state index in [-0.39, 0.29) is 11.9 Å². The highest BCUT2D eigenvalue weighted by Gasteiger charge is 2.40. The number of thiophene rings is 1. The van der Waals surface area contributed by atoms with E-state index >= 15 is 0 Å². The summed E-state index contributed by atoms with van der Waals surface area (Å²) in [5.74, 6) is 1.48. The van der Waals surface area contributed by atoms with Crippen LogP contribution in [0.4, 0.5) is 0 Å². The van der Waals surface area contributed by atoms with Crippen molar-refractivity contribution in [2.75, 3.05) is 13.1 Å². The minimum absolute atomic E-state index is 0.0234. The number of nitrogens with zero attached hydrogens (tertiary/aromatic N) is 1. The number of fused-ring (bicyclic) bond motifs is 3. The van der Waals surface area contributed by atoms with Gasteiger partial charge >= 0.3 is 0 Å². The van der Waals surface area contributed by atoms with Crippen LogP contribution in [-0.4, -0.2) is 36.0 Å². The fraction of sp³-hybridized carbons (Fsp3) is 0.450. The molecular formula is C20H24N2O2S. The number of ether oxygens (including phenoxy) is 1. The number of hydrogen-bond donors (Lipinski definition) is 1. The molecule has 2 bridgehead atoms. The van der Waals surface area contributed by atoms with Crippen molar-refractivity contribution in [2.24, 2.45) is 5.92 Å². The molecule has 1 amide bonds. The second-order valence-corrected chi connectivity index (χ2v) is 8.15. The molecule has 0 aliphatic carbocycles. The topological polar surface area (TPSA) is 41.6 Å². The average molecular weight is 356 g/mol. The van der Waals surface area contributed by atoms with Crippen LogP contribution in [0.3, 0.4) is 0 Å². The van der Waals surface area contributed by atoms with Gasteiger partial charge < -0.3 is 10.1 Å². The van der Waals surface area contributed by atoms with E-state index in [4.69, 9.17) is 4.74 Å². The Hall–Kier alpha value is -1.85. The molecule has 0 spiro atoms. The van der Waals surface area contributed by atoms with E-state index in [2.05, 4.69) is 17.1 Å². The number of benzene rings is 1. The lowest BCUT2D eigenvalue weighted by Gasteiger charge is -2.49. The summed E-state index contributed by atoms with van der Waals surface area (Å²) in [4.78, 5) is 15.9. The molecule has 4 heterocycles. The lowest BCUT2D eigenvalue weighted by molar-refractivity contribution is 0.0218. The molecule has 3 saturated heterocycles. The van der Waals surface area contributed by atoms with Gasteiger partial charge in [-0.2, -0.15) is 0 Å². The summed E-state index contributed by atoms with van der Waals surface area (Å²) in [5.41, 5.74) is 1.09. The minimum atomic E-state index is 0.0234. The monoisotopic (exact) mass is 356 g/mol. The highest BCUT2D eigenvalue weighted by atomic mass is 32.1. The van der Waals surface area contributed by atoms with Crippen molar-refractivity contribution in [3.05, 3.63) is 46.8 Å². The van der Waals surface area contributed by atoms with Crippen molar-refractivity contribution in [3.63, 3.8) is 0 Å². The van der Waals surface area contributed by atoms with Gasteiger partial charge in [0.15, 0.2) is 5.06 Å². The zero-order valence-electron chi connectivity index (χ0n) is 14.7. The van der Waals surface area contributed by atoms with Crippen LogP contribution < -0.4 is 10.1 Å². The standard InChI is InChI=1S/C20H24N2O2S/c1-13-5-3-4-6-16(13)24-18-8-7-17(25-18)20(23)21-19-14(2)22-11-9-15(19)10-12-22/h3-8,14-15,19H,9-12H2,1-2H3,(H,21,23). The van der Waals surface area contributed by atoms with Gasteiger partial charge in [0.25, 0.3) is 5.91 Å². The number of piperidine rings is 3. The van der Waals surface area contributed by atoms with Crippen LogP contribution in [0.5, 0.6) is 10.8 Å². The van der Waals surface area contributed by atoms with Gasteiger partial charge in [-0.3, -0.25) is 9.69 Å². The summed E-state index contributed by atoms with van der Waals surface area (Å²) in [6.45, 7) is 6.60. The summed E-state index contributed by atoms with van der Waals surface area (Å²) >= 11 is 1.41. The molecule has 132 valence electrons. The van der Waals surface area contributed by atoms with Crippen molar-refractivity contribution < 1.29 is 9.53 Å². The Labute approximate surface area is 152 Å². The fourth-order valence-corrected chi connectivity index (χ4v) is 4.82. The van der Waals surface area contributed by atoms with Crippen LogP contribution in [0.1, 0.15) is 35.0 Å². The smallest absolute Gasteiger partial charge is 0.261 e. The van der Waals surface area contributed by atoms with E-state index in [1.54, 1.807) is 0 Å². The Kier molecular flexibility index (Phi) is 4.52. The van der Waals surface area contributed by atoms with Gasteiger partial charge in [-0.05, 0) is 69.5 Å². The van der Waals surface area contributed by atoms with Crippen LogP contribution in [0.2, 0.25) is 0 Å². The molecule has 4 nitrogen and oxygen atoms in total. The molecule has 5 heteroatoms. The van der Waals surface area contributed by atoms with Crippen molar-refractivity contribution in [1.82, 2.24) is 10.2 Å². The van der Waals surface area contributed by atoms with Crippen LogP contribution in [0.15, 0.2) is 36.4 Å². The molecule has 0 radical (unpaired) electrons. The average Bonchev–Trinajstić information content (AvgIpc) is 3.09. The molecule has 3 fully saturated rings. The molecule has 3 aliphatic heterocycles. The zero-order valence-corrected chi connectivity index (χ0v) is 15.5. The lowest BCUT2D eigenvalue weighted by atomic mass is 9.79. The number of carbonyl (C=O) groups is 1. The number of nitrogens with one attached hydrogen (secondary N) is 1. The Morgan fingerprint density at radius 2 is 1.96 bits per heavy atom. The van der Waals surface area contributed by atoms with Crippen molar-refractivity contribution in [2.45, 2.75) is 38.8 Å². The number of rotatable bonds is 4. The third kappa shape index (κ3) is 3.31. The summed E-state index contributed by atoms with van der Waals surface area (Å²) in [6.07, 6.45) is 2.39. The Bertz CT molecular complexity index is 763. The van der Waals surface area contributed by atoms with Crippen molar-refractivity contribution in [3.8, 4) is 10.8 Å². The Morgan fingerprint density at radius 1 is 1.20 bits per heavy atom. The normalized spacial score (nSPS) is 27.9. The largest absolute Gasteiger partial charge is 0.446 e. The first-order valence-corrected chi connectivity index (χ1v) is 9.81. The SMILES string of the molecule is Cc1ccccc1Oc1ccc(C(=O)NC2C3CCN(CC3)C2C)s1. The first kappa shape index (κ1) is 16.6. The highest BCUT2D eigenvalue weighted by molar-refractivity contribution is 7.15. The highest BCUT2D eigenvalue weighted by Crippen LogP contribution is 2.34. The second kappa shape index (κ2) is 6.81. The van der Waals surface area contributed by atoms with E-state index in [9.17, 15) is 4.79 Å². The van der Waals surface area contributed by atoms with Gasteiger partial charge in [0.1, 0.15) is 5.75 Å².